The molecular weight excluding hydrogens is 196 g/mol. The average molecular weight is 222 g/mol. The van der Waals surface area contributed by atoms with Crippen molar-refractivity contribution >= 4 is 0 Å². The van der Waals surface area contributed by atoms with Crippen molar-refractivity contribution in [2.45, 2.75) is 63.5 Å². The number of nitrogens with one attached hydrogen (secondary N) is 1. The maximum absolute atomic E-state index is 3.66. The summed E-state index contributed by atoms with van der Waals surface area (Å²) in [6, 6.07) is 1.82. The first-order valence-electron chi connectivity index (χ1n) is 7.39. The van der Waals surface area contributed by atoms with Gasteiger partial charge in [0.1, 0.15) is 0 Å². The van der Waals surface area contributed by atoms with Gasteiger partial charge in [-0.2, -0.15) is 0 Å². The smallest absolute Gasteiger partial charge is 0.00985 e. The predicted molar refractivity (Wildman–Crippen MR) is 67.6 cm³/mol. The van der Waals surface area contributed by atoms with Gasteiger partial charge in [-0.25, -0.2) is 0 Å². The third kappa shape index (κ3) is 2.43. The number of piperidine rings is 2. The number of nitrogens with zero attached hydrogens (tertiary/aromatic N) is 1. The molecule has 2 heterocycles. The molecule has 1 N–H and O–H groups in total. The van der Waals surface area contributed by atoms with E-state index in [0.29, 0.717) is 0 Å². The molecule has 3 rings (SSSR count). The minimum Gasteiger partial charge on any atom is -0.314 e. The van der Waals surface area contributed by atoms with Crippen LogP contribution in [0.4, 0.5) is 0 Å². The molecule has 0 aromatic heterocycles. The molecule has 1 saturated carbocycles. The van der Waals surface area contributed by atoms with Crippen molar-refractivity contribution in [3.8, 4) is 0 Å². The van der Waals surface area contributed by atoms with Crippen LogP contribution in [0.3, 0.4) is 0 Å². The van der Waals surface area contributed by atoms with Gasteiger partial charge in [-0.05, 0) is 64.0 Å². The Morgan fingerprint density at radius 3 is 2.81 bits per heavy atom. The fourth-order valence-corrected chi connectivity index (χ4v) is 4.01. The fourth-order valence-electron chi connectivity index (χ4n) is 4.01. The zero-order valence-electron chi connectivity index (χ0n) is 10.5. The molecule has 3 atom stereocenters. The van der Waals surface area contributed by atoms with Crippen LogP contribution in [-0.4, -0.2) is 36.6 Å². The molecule has 2 bridgehead atoms. The normalized spacial score (nSPS) is 39.4. The van der Waals surface area contributed by atoms with Crippen molar-refractivity contribution in [3.05, 3.63) is 0 Å². The Bertz CT molecular complexity index is 223. The third-order valence-corrected chi connectivity index (χ3v) is 4.93. The van der Waals surface area contributed by atoms with Gasteiger partial charge in [-0.15, -0.1) is 0 Å². The summed E-state index contributed by atoms with van der Waals surface area (Å²) < 4.78 is 0. The van der Waals surface area contributed by atoms with Crippen LogP contribution in [0.2, 0.25) is 0 Å². The molecule has 0 aromatic rings. The number of likely N-dealkylation sites (tertiary alicyclic amines) is 1. The first-order chi connectivity index (χ1) is 7.92. The molecule has 0 radical (unpaired) electrons. The molecule has 0 spiro atoms. The van der Waals surface area contributed by atoms with Gasteiger partial charge in [0, 0.05) is 18.6 Å². The SMILES string of the molecule is C1CCC(CCCN2CC3CCC2C3)NC1. The van der Waals surface area contributed by atoms with Crippen molar-refractivity contribution in [3.63, 3.8) is 0 Å². The minimum absolute atomic E-state index is 0.841. The van der Waals surface area contributed by atoms with Crippen LogP contribution in [0.1, 0.15) is 51.4 Å². The lowest BCUT2D eigenvalue weighted by molar-refractivity contribution is 0.205. The molecule has 92 valence electrons. The summed E-state index contributed by atoms with van der Waals surface area (Å²) in [5.74, 6) is 1.07. The summed E-state index contributed by atoms with van der Waals surface area (Å²) in [6.45, 7) is 4.06. The second-order valence-electron chi connectivity index (χ2n) is 6.12. The lowest BCUT2D eigenvalue weighted by atomic mass is 10.0. The molecule has 3 aliphatic rings. The van der Waals surface area contributed by atoms with Crippen LogP contribution >= 0.6 is 0 Å². The largest absolute Gasteiger partial charge is 0.314 e. The Balaban J connectivity index is 1.34. The highest BCUT2D eigenvalue weighted by Crippen LogP contribution is 2.37. The minimum atomic E-state index is 0.841. The standard InChI is InChI=1S/C14H26N2/c1-2-8-15-13(4-1)5-3-9-16-11-12-6-7-14(16)10-12/h12-15H,1-11H2. The van der Waals surface area contributed by atoms with E-state index in [1.807, 2.05) is 0 Å². The quantitative estimate of drug-likeness (QED) is 0.786. The van der Waals surface area contributed by atoms with Gasteiger partial charge in [0.15, 0.2) is 0 Å². The highest BCUT2D eigenvalue weighted by atomic mass is 15.2. The summed E-state index contributed by atoms with van der Waals surface area (Å²) in [6.07, 6.45) is 11.6. The van der Waals surface area contributed by atoms with Crippen LogP contribution < -0.4 is 5.32 Å². The van der Waals surface area contributed by atoms with Crippen LogP contribution in [0.5, 0.6) is 0 Å². The molecule has 3 fully saturated rings. The van der Waals surface area contributed by atoms with Gasteiger partial charge >= 0.3 is 0 Å². The Labute approximate surface area is 99.8 Å². The van der Waals surface area contributed by atoms with E-state index in [2.05, 4.69) is 10.2 Å². The molecule has 2 heteroatoms. The zero-order valence-corrected chi connectivity index (χ0v) is 10.5. The van der Waals surface area contributed by atoms with Gasteiger partial charge in [0.25, 0.3) is 0 Å². The van der Waals surface area contributed by atoms with Crippen LogP contribution in [-0.2, 0) is 0 Å². The molecule has 0 aromatic carbocycles. The van der Waals surface area contributed by atoms with Gasteiger partial charge in [-0.1, -0.05) is 6.42 Å². The van der Waals surface area contributed by atoms with Crippen LogP contribution in [0.25, 0.3) is 0 Å². The third-order valence-electron chi connectivity index (χ3n) is 4.93. The Morgan fingerprint density at radius 2 is 2.12 bits per heavy atom. The van der Waals surface area contributed by atoms with E-state index < -0.39 is 0 Å². The topological polar surface area (TPSA) is 15.3 Å². The molecule has 2 saturated heterocycles. The lowest BCUT2D eigenvalue weighted by Gasteiger charge is -2.28. The van der Waals surface area contributed by atoms with E-state index in [1.54, 1.807) is 0 Å². The summed E-state index contributed by atoms with van der Waals surface area (Å²) in [5.41, 5.74) is 0. The van der Waals surface area contributed by atoms with E-state index in [-0.39, 0.29) is 0 Å². The molecule has 0 amide bonds. The number of hydrogen-bond donors (Lipinski definition) is 1. The summed E-state index contributed by atoms with van der Waals surface area (Å²) in [4.78, 5) is 2.77. The second-order valence-corrected chi connectivity index (χ2v) is 6.12. The Morgan fingerprint density at radius 1 is 1.12 bits per heavy atom. The Hall–Kier alpha value is -0.0800. The first kappa shape index (κ1) is 11.0. The average Bonchev–Trinajstić information content (AvgIpc) is 2.92. The number of fused-ring (bicyclic) bond motifs is 2. The predicted octanol–water partition coefficient (Wildman–Crippen LogP) is 2.39. The van der Waals surface area contributed by atoms with E-state index in [4.69, 9.17) is 0 Å². The number of hydrogen-bond acceptors (Lipinski definition) is 2. The first-order valence-corrected chi connectivity index (χ1v) is 7.39. The number of rotatable bonds is 4. The highest BCUT2D eigenvalue weighted by Gasteiger charge is 2.37. The van der Waals surface area contributed by atoms with E-state index >= 15 is 0 Å². The van der Waals surface area contributed by atoms with Gasteiger partial charge in [0.05, 0.1) is 0 Å². The van der Waals surface area contributed by atoms with Gasteiger partial charge in [-0.3, -0.25) is 0 Å². The van der Waals surface area contributed by atoms with E-state index in [1.165, 1.54) is 71.0 Å². The van der Waals surface area contributed by atoms with Gasteiger partial charge < -0.3 is 10.2 Å². The molecule has 16 heavy (non-hydrogen) atoms. The van der Waals surface area contributed by atoms with Crippen molar-refractivity contribution in [1.82, 2.24) is 10.2 Å². The molecule has 2 aliphatic heterocycles. The summed E-state index contributed by atoms with van der Waals surface area (Å²) >= 11 is 0. The summed E-state index contributed by atoms with van der Waals surface area (Å²) in [5, 5.41) is 3.66. The van der Waals surface area contributed by atoms with Crippen LogP contribution in [0, 0.1) is 5.92 Å². The van der Waals surface area contributed by atoms with Crippen molar-refractivity contribution in [2.24, 2.45) is 5.92 Å². The molecule has 3 unspecified atom stereocenters. The lowest BCUT2D eigenvalue weighted by Crippen LogP contribution is -2.36. The highest BCUT2D eigenvalue weighted by molar-refractivity contribution is 4.92. The zero-order chi connectivity index (χ0) is 10.8. The van der Waals surface area contributed by atoms with Crippen LogP contribution in [0.15, 0.2) is 0 Å². The van der Waals surface area contributed by atoms with Crippen molar-refractivity contribution < 1.29 is 0 Å². The maximum atomic E-state index is 3.66. The molecular formula is C14H26N2. The van der Waals surface area contributed by atoms with E-state index in [9.17, 15) is 0 Å². The second kappa shape index (κ2) is 5.05. The fraction of sp³-hybridized carbons (Fsp3) is 1.00. The Kier molecular flexibility index (Phi) is 3.49. The van der Waals surface area contributed by atoms with Crippen molar-refractivity contribution in [2.75, 3.05) is 19.6 Å². The van der Waals surface area contributed by atoms with Crippen molar-refractivity contribution in [1.29, 1.82) is 0 Å². The summed E-state index contributed by atoms with van der Waals surface area (Å²) in [7, 11) is 0. The van der Waals surface area contributed by atoms with E-state index in [0.717, 1.165) is 18.0 Å². The van der Waals surface area contributed by atoms with Gasteiger partial charge in [0.2, 0.25) is 0 Å². The maximum Gasteiger partial charge on any atom is 0.00985 e. The molecule has 2 nitrogen and oxygen atoms in total. The monoisotopic (exact) mass is 222 g/mol. The molecule has 1 aliphatic carbocycles.